The first kappa shape index (κ1) is 9.59. The molecule has 1 spiro atoms. The van der Waals surface area contributed by atoms with Gasteiger partial charge in [0.2, 0.25) is 5.88 Å². The third-order valence-electron chi connectivity index (χ3n) is 3.75. The second-order valence-corrected chi connectivity index (χ2v) is 5.58. The highest BCUT2D eigenvalue weighted by molar-refractivity contribution is 6.31. The molecule has 2 aromatic rings. The van der Waals surface area contributed by atoms with E-state index in [1.54, 1.807) is 6.07 Å². The fourth-order valence-electron chi connectivity index (χ4n) is 2.55. The molecule has 2 heterocycles. The van der Waals surface area contributed by atoms with Crippen LogP contribution in [0.15, 0.2) is 12.1 Å². The van der Waals surface area contributed by atoms with Crippen molar-refractivity contribution in [2.45, 2.75) is 19.4 Å². The molecular weight excluding hydrogens is 238 g/mol. The van der Waals surface area contributed by atoms with Gasteiger partial charge in [-0.25, -0.2) is 4.68 Å². The van der Waals surface area contributed by atoms with Crippen LogP contribution in [0, 0.1) is 5.41 Å². The maximum Gasteiger partial charge on any atom is 0.222 e. The highest BCUT2D eigenvalue weighted by atomic mass is 35.5. The summed E-state index contributed by atoms with van der Waals surface area (Å²) >= 11 is 5.99. The van der Waals surface area contributed by atoms with Gasteiger partial charge in [0.1, 0.15) is 0 Å². The molecule has 1 fully saturated rings. The van der Waals surface area contributed by atoms with Gasteiger partial charge in [-0.1, -0.05) is 11.6 Å². The quantitative estimate of drug-likeness (QED) is 0.730. The molecule has 0 amide bonds. The summed E-state index contributed by atoms with van der Waals surface area (Å²) < 4.78 is 7.79. The number of hydrogen-bond acceptors (Lipinski definition) is 3. The Hall–Kier alpha value is -1.42. The number of anilines is 1. The van der Waals surface area contributed by atoms with Gasteiger partial charge in [-0.2, -0.15) is 5.10 Å². The number of nitrogen functional groups attached to an aromatic ring is 1. The minimum atomic E-state index is 0.341. The molecule has 2 aliphatic rings. The predicted molar refractivity (Wildman–Crippen MR) is 66.3 cm³/mol. The van der Waals surface area contributed by atoms with E-state index in [1.165, 1.54) is 12.8 Å². The molecule has 1 aliphatic carbocycles. The van der Waals surface area contributed by atoms with E-state index in [4.69, 9.17) is 22.1 Å². The largest absolute Gasteiger partial charge is 0.477 e. The van der Waals surface area contributed by atoms with E-state index >= 15 is 0 Å². The zero-order chi connectivity index (χ0) is 11.6. The summed E-state index contributed by atoms with van der Waals surface area (Å²) in [7, 11) is 0. The van der Waals surface area contributed by atoms with E-state index in [-0.39, 0.29) is 0 Å². The van der Waals surface area contributed by atoms with Crippen molar-refractivity contribution < 1.29 is 4.74 Å². The second kappa shape index (κ2) is 2.88. The van der Waals surface area contributed by atoms with Crippen molar-refractivity contribution in [1.29, 1.82) is 0 Å². The molecule has 88 valence electrons. The number of hydrogen-bond donors (Lipinski definition) is 1. The molecule has 0 radical (unpaired) electrons. The number of ether oxygens (including phenoxy) is 1. The summed E-state index contributed by atoms with van der Waals surface area (Å²) in [6, 6.07) is 3.58. The van der Waals surface area contributed by atoms with Crippen LogP contribution >= 0.6 is 11.6 Å². The van der Waals surface area contributed by atoms with Crippen LogP contribution in [0.3, 0.4) is 0 Å². The van der Waals surface area contributed by atoms with Crippen LogP contribution in [0.2, 0.25) is 5.02 Å². The number of nitrogens with two attached hydrogens (primary N) is 1. The summed E-state index contributed by atoms with van der Waals surface area (Å²) in [5.41, 5.74) is 7.79. The lowest BCUT2D eigenvalue weighted by Crippen LogP contribution is -2.26. The van der Waals surface area contributed by atoms with Crippen LogP contribution in [0.4, 0.5) is 5.69 Å². The summed E-state index contributed by atoms with van der Waals surface area (Å²) in [5, 5.41) is 6.05. The van der Waals surface area contributed by atoms with Gasteiger partial charge in [0, 0.05) is 16.1 Å². The highest BCUT2D eigenvalue weighted by Crippen LogP contribution is 2.51. The zero-order valence-corrected chi connectivity index (χ0v) is 10.00. The smallest absolute Gasteiger partial charge is 0.222 e. The zero-order valence-electron chi connectivity index (χ0n) is 9.24. The predicted octanol–water partition coefficient (Wildman–Crippen LogP) is 2.44. The van der Waals surface area contributed by atoms with Gasteiger partial charge >= 0.3 is 0 Å². The molecule has 2 N–H and O–H groups in total. The van der Waals surface area contributed by atoms with E-state index < -0.39 is 0 Å². The molecule has 1 aromatic carbocycles. The maximum atomic E-state index is 5.99. The van der Waals surface area contributed by atoms with Crippen LogP contribution in [-0.4, -0.2) is 16.4 Å². The van der Waals surface area contributed by atoms with Crippen LogP contribution < -0.4 is 10.5 Å². The topological polar surface area (TPSA) is 53.1 Å². The molecule has 0 saturated heterocycles. The Bertz CT molecular complexity index is 630. The Morgan fingerprint density at radius 3 is 3.00 bits per heavy atom. The second-order valence-electron chi connectivity index (χ2n) is 5.14. The summed E-state index contributed by atoms with van der Waals surface area (Å²) in [6.45, 7) is 1.73. The van der Waals surface area contributed by atoms with Gasteiger partial charge in [0.15, 0.2) is 0 Å². The Morgan fingerprint density at radius 1 is 1.41 bits per heavy atom. The molecule has 0 atom stereocenters. The van der Waals surface area contributed by atoms with Crippen molar-refractivity contribution in [3.63, 3.8) is 0 Å². The van der Waals surface area contributed by atoms with Crippen molar-refractivity contribution in [3.8, 4) is 5.88 Å². The van der Waals surface area contributed by atoms with E-state index in [2.05, 4.69) is 5.10 Å². The minimum Gasteiger partial charge on any atom is -0.477 e. The normalized spacial score (nSPS) is 20.3. The van der Waals surface area contributed by atoms with Gasteiger partial charge in [-0.15, -0.1) is 0 Å². The lowest BCUT2D eigenvalue weighted by molar-refractivity contribution is 0.151. The summed E-state index contributed by atoms with van der Waals surface area (Å²) in [6.07, 6.45) is 2.47. The van der Waals surface area contributed by atoms with Crippen molar-refractivity contribution >= 4 is 28.2 Å². The Morgan fingerprint density at radius 2 is 2.24 bits per heavy atom. The fraction of sp³-hybridized carbons (Fsp3) is 0.417. The minimum absolute atomic E-state index is 0.341. The van der Waals surface area contributed by atoms with Crippen LogP contribution in [0.5, 0.6) is 5.88 Å². The number of fused-ring (bicyclic) bond motifs is 3. The van der Waals surface area contributed by atoms with Gasteiger partial charge < -0.3 is 10.5 Å². The van der Waals surface area contributed by atoms with Crippen molar-refractivity contribution in [3.05, 3.63) is 17.2 Å². The molecule has 1 aliphatic heterocycles. The van der Waals surface area contributed by atoms with Gasteiger partial charge in [0.25, 0.3) is 0 Å². The number of rotatable bonds is 0. The first-order chi connectivity index (χ1) is 8.17. The molecular formula is C12H12ClN3O. The van der Waals surface area contributed by atoms with E-state index in [9.17, 15) is 0 Å². The average Bonchev–Trinajstić information content (AvgIpc) is 2.89. The lowest BCUT2D eigenvalue weighted by Gasteiger charge is -2.23. The molecule has 5 heteroatoms. The van der Waals surface area contributed by atoms with Crippen molar-refractivity contribution in [2.75, 3.05) is 12.3 Å². The standard InChI is InChI=1S/C12H12ClN3O/c13-7-3-8(14)10-9(4-7)15-16-5-12(1-2-12)6-17-11(10)16/h3-4H,1-2,5-6,14H2. The first-order valence-corrected chi connectivity index (χ1v) is 6.13. The third-order valence-corrected chi connectivity index (χ3v) is 3.97. The van der Waals surface area contributed by atoms with Gasteiger partial charge in [0.05, 0.1) is 24.1 Å². The highest BCUT2D eigenvalue weighted by Gasteiger charge is 2.47. The lowest BCUT2D eigenvalue weighted by atomic mass is 10.1. The summed E-state index contributed by atoms with van der Waals surface area (Å²) in [5.74, 6) is 0.798. The number of aromatic nitrogens is 2. The molecule has 17 heavy (non-hydrogen) atoms. The van der Waals surface area contributed by atoms with Crippen LogP contribution in [0.25, 0.3) is 10.9 Å². The first-order valence-electron chi connectivity index (χ1n) is 5.75. The van der Waals surface area contributed by atoms with E-state index in [1.807, 2.05) is 10.7 Å². The average molecular weight is 250 g/mol. The third kappa shape index (κ3) is 1.27. The van der Waals surface area contributed by atoms with Crippen molar-refractivity contribution in [1.82, 2.24) is 9.78 Å². The van der Waals surface area contributed by atoms with Gasteiger partial charge in [-0.05, 0) is 25.0 Å². The van der Waals surface area contributed by atoms with Crippen molar-refractivity contribution in [2.24, 2.45) is 5.41 Å². The fourth-order valence-corrected chi connectivity index (χ4v) is 2.77. The Kier molecular flexibility index (Phi) is 1.62. The van der Waals surface area contributed by atoms with Gasteiger partial charge in [-0.3, -0.25) is 0 Å². The van der Waals surface area contributed by atoms with E-state index in [0.717, 1.165) is 29.9 Å². The molecule has 4 nitrogen and oxygen atoms in total. The molecule has 1 saturated carbocycles. The van der Waals surface area contributed by atoms with Crippen LogP contribution in [-0.2, 0) is 6.54 Å². The molecule has 4 rings (SSSR count). The molecule has 0 bridgehead atoms. The number of benzene rings is 1. The number of halogens is 1. The molecule has 1 aromatic heterocycles. The van der Waals surface area contributed by atoms with E-state index in [0.29, 0.717) is 16.1 Å². The van der Waals surface area contributed by atoms with Crippen LogP contribution in [0.1, 0.15) is 12.8 Å². The monoisotopic (exact) mass is 249 g/mol. The SMILES string of the molecule is Nc1cc(Cl)cc2nn3c(c12)OCC1(CC1)C3. The maximum absolute atomic E-state index is 5.99. The summed E-state index contributed by atoms with van der Waals surface area (Å²) in [4.78, 5) is 0. The number of nitrogens with zero attached hydrogens (tertiary/aromatic N) is 2. The Balaban J connectivity index is 1.97. The Labute approximate surface area is 103 Å². The molecule has 0 unspecified atom stereocenters.